The minimum Gasteiger partial charge on any atom is -0.497 e. The zero-order valence-electron chi connectivity index (χ0n) is 25.3. The highest BCUT2D eigenvalue weighted by atomic mass is 16.6. The summed E-state index contributed by atoms with van der Waals surface area (Å²) in [4.78, 5) is 29.7. The number of aromatic nitrogens is 2. The molecule has 2 N–H and O–H groups in total. The number of carbonyl (C=O) groups is 1. The van der Waals surface area contributed by atoms with Crippen LogP contribution in [0.3, 0.4) is 0 Å². The van der Waals surface area contributed by atoms with Crippen molar-refractivity contribution in [2.24, 2.45) is 0 Å². The van der Waals surface area contributed by atoms with E-state index < -0.39 is 35.6 Å². The molecule has 1 amide bonds. The monoisotopic (exact) mass is 619 g/mol. The predicted molar refractivity (Wildman–Crippen MR) is 171 cm³/mol. The fourth-order valence-electron chi connectivity index (χ4n) is 5.63. The molecule has 10 nitrogen and oxygen atoms in total. The Morgan fingerprint density at radius 1 is 0.826 bits per heavy atom. The average Bonchev–Trinajstić information content (AvgIpc) is 3.46. The largest absolute Gasteiger partial charge is 0.497 e. The van der Waals surface area contributed by atoms with Crippen LogP contribution in [-0.4, -0.2) is 53.6 Å². The summed E-state index contributed by atoms with van der Waals surface area (Å²) in [6.07, 6.45) is -1.75. The quantitative estimate of drug-likeness (QED) is 0.214. The Morgan fingerprint density at radius 2 is 1.37 bits per heavy atom. The molecule has 0 spiro atoms. The molecule has 1 aliphatic rings. The van der Waals surface area contributed by atoms with Gasteiger partial charge in [0.1, 0.15) is 35.1 Å². The number of nitrogens with zero attached hydrogens (tertiary/aromatic N) is 2. The number of hydrogen-bond acceptors (Lipinski definition) is 8. The van der Waals surface area contributed by atoms with Crippen LogP contribution >= 0.6 is 0 Å². The first-order valence-electron chi connectivity index (χ1n) is 14.7. The van der Waals surface area contributed by atoms with Crippen LogP contribution in [0.5, 0.6) is 11.5 Å². The number of benzene rings is 4. The van der Waals surface area contributed by atoms with Gasteiger partial charge in [-0.15, -0.1) is 0 Å². The molecule has 0 unspecified atom stereocenters. The molecule has 0 saturated carbocycles. The van der Waals surface area contributed by atoms with E-state index in [0.29, 0.717) is 17.1 Å². The number of methoxy groups -OCH3 is 2. The second kappa shape index (κ2) is 13.4. The second-order valence-corrected chi connectivity index (χ2v) is 10.7. The normalized spacial score (nSPS) is 17.8. The van der Waals surface area contributed by atoms with Crippen molar-refractivity contribution < 1.29 is 28.8 Å². The maximum atomic E-state index is 13.1. The first kappa shape index (κ1) is 30.7. The Balaban J connectivity index is 1.33. The molecule has 0 bridgehead atoms. The van der Waals surface area contributed by atoms with Crippen molar-refractivity contribution in [3.63, 3.8) is 0 Å². The molecule has 234 valence electrons. The number of hydrogen-bond donors (Lipinski definition) is 2. The van der Waals surface area contributed by atoms with Crippen LogP contribution in [0.4, 0.5) is 5.82 Å². The van der Waals surface area contributed by atoms with Gasteiger partial charge in [0.05, 0.1) is 20.8 Å². The van der Waals surface area contributed by atoms with Crippen molar-refractivity contribution in [1.29, 1.82) is 0 Å². The molecule has 1 saturated heterocycles. The molecular weight excluding hydrogens is 586 g/mol. The lowest BCUT2D eigenvalue weighted by Gasteiger charge is -2.38. The van der Waals surface area contributed by atoms with Gasteiger partial charge in [0.15, 0.2) is 6.23 Å². The highest BCUT2D eigenvalue weighted by Crippen LogP contribution is 2.44. The highest BCUT2D eigenvalue weighted by Gasteiger charge is 2.46. The van der Waals surface area contributed by atoms with Gasteiger partial charge in [-0.2, -0.15) is 4.98 Å². The zero-order chi connectivity index (χ0) is 32.1. The van der Waals surface area contributed by atoms with Gasteiger partial charge in [-0.1, -0.05) is 72.8 Å². The molecule has 0 aliphatic carbocycles. The number of carbonyl (C=O) groups excluding carboxylic acids is 1. The number of ether oxygens (including phenoxy) is 4. The van der Waals surface area contributed by atoms with E-state index in [2.05, 4.69) is 10.3 Å². The van der Waals surface area contributed by atoms with E-state index in [4.69, 9.17) is 18.9 Å². The zero-order valence-corrected chi connectivity index (χ0v) is 25.3. The summed E-state index contributed by atoms with van der Waals surface area (Å²) in [6.45, 7) is -0.00827. The number of aliphatic hydroxyl groups is 1. The summed E-state index contributed by atoms with van der Waals surface area (Å²) in [7, 11) is 3.21. The minimum absolute atomic E-state index is 0.00827. The molecule has 3 atom stereocenters. The topological polar surface area (TPSA) is 121 Å². The van der Waals surface area contributed by atoms with Crippen molar-refractivity contribution in [2.75, 3.05) is 26.1 Å². The molecule has 2 heterocycles. The van der Waals surface area contributed by atoms with Crippen molar-refractivity contribution >= 4 is 11.7 Å². The Morgan fingerprint density at radius 3 is 1.91 bits per heavy atom. The summed E-state index contributed by atoms with van der Waals surface area (Å²) in [5, 5.41) is 14.2. The molecule has 0 radical (unpaired) electrons. The molecule has 1 aromatic heterocycles. The number of aliphatic hydroxyl groups excluding tert-OH is 1. The van der Waals surface area contributed by atoms with Crippen LogP contribution in [0.1, 0.15) is 33.3 Å². The Labute approximate surface area is 265 Å². The third-order valence-electron chi connectivity index (χ3n) is 7.99. The van der Waals surface area contributed by atoms with Crippen molar-refractivity contribution in [2.45, 2.75) is 24.0 Å². The van der Waals surface area contributed by atoms with E-state index in [1.54, 1.807) is 44.6 Å². The Kier molecular flexibility index (Phi) is 8.93. The standard InChI is InChI=1S/C36H33N3O7/c1-43-28-17-13-26(14-18-28)36(25-11-7-4-8-12-25,27-15-19-29(44-2)20-16-27)46-30-23-45-34(32(30)40)39-22-21-31(38-35(39)42)37-33(41)24-9-5-3-6-10-24/h3-22,30,32,34,40H,23H2,1-2H3,(H,37,38,41,42)/t30-,32+,34-/m1/s1. The first-order valence-corrected chi connectivity index (χ1v) is 14.7. The number of nitrogens with one attached hydrogen (secondary N) is 1. The molecule has 5 aromatic rings. The van der Waals surface area contributed by atoms with Crippen LogP contribution in [0.15, 0.2) is 126 Å². The molecule has 1 aliphatic heterocycles. The highest BCUT2D eigenvalue weighted by molar-refractivity contribution is 6.03. The summed E-state index contributed by atoms with van der Waals surface area (Å²) in [6, 6.07) is 34.9. The van der Waals surface area contributed by atoms with E-state index in [0.717, 1.165) is 16.7 Å². The minimum atomic E-state index is -1.25. The fourth-order valence-corrected chi connectivity index (χ4v) is 5.63. The summed E-state index contributed by atoms with van der Waals surface area (Å²) in [5.41, 5.74) is 0.931. The van der Waals surface area contributed by atoms with Crippen molar-refractivity contribution in [3.8, 4) is 11.5 Å². The average molecular weight is 620 g/mol. The summed E-state index contributed by atoms with van der Waals surface area (Å²) in [5.74, 6) is 1.04. The number of rotatable bonds is 10. The third kappa shape index (κ3) is 6.01. The van der Waals surface area contributed by atoms with Crippen LogP contribution < -0.4 is 20.5 Å². The van der Waals surface area contributed by atoms with Crippen LogP contribution in [0.25, 0.3) is 0 Å². The third-order valence-corrected chi connectivity index (χ3v) is 7.99. The lowest BCUT2D eigenvalue weighted by atomic mass is 9.79. The molecule has 4 aromatic carbocycles. The second-order valence-electron chi connectivity index (χ2n) is 10.7. The van der Waals surface area contributed by atoms with E-state index in [-0.39, 0.29) is 12.4 Å². The number of anilines is 1. The molecule has 1 fully saturated rings. The van der Waals surface area contributed by atoms with Gasteiger partial charge >= 0.3 is 5.69 Å². The predicted octanol–water partition coefficient (Wildman–Crippen LogP) is 4.78. The molecular formula is C36H33N3O7. The van der Waals surface area contributed by atoms with Gasteiger partial charge in [-0.05, 0) is 59.2 Å². The Bertz CT molecular complexity index is 1780. The maximum Gasteiger partial charge on any atom is 0.351 e. The van der Waals surface area contributed by atoms with Crippen molar-refractivity contribution in [3.05, 3.63) is 154 Å². The fraction of sp³-hybridized carbons (Fsp3) is 0.194. The van der Waals surface area contributed by atoms with Gasteiger partial charge in [-0.25, -0.2) is 4.79 Å². The summed E-state index contributed by atoms with van der Waals surface area (Å²) < 4.78 is 25.0. The van der Waals surface area contributed by atoms with Crippen molar-refractivity contribution in [1.82, 2.24) is 9.55 Å². The van der Waals surface area contributed by atoms with Gasteiger partial charge in [-0.3, -0.25) is 9.36 Å². The van der Waals surface area contributed by atoms with Gasteiger partial charge < -0.3 is 29.4 Å². The first-order chi connectivity index (χ1) is 22.4. The lowest BCUT2D eigenvalue weighted by molar-refractivity contribution is -0.0904. The van der Waals surface area contributed by atoms with E-state index in [1.165, 1.54) is 16.8 Å². The van der Waals surface area contributed by atoms with E-state index >= 15 is 0 Å². The molecule has 46 heavy (non-hydrogen) atoms. The van der Waals surface area contributed by atoms with Gasteiger partial charge in [0.25, 0.3) is 5.91 Å². The van der Waals surface area contributed by atoms with Crippen LogP contribution in [0.2, 0.25) is 0 Å². The Hall–Kier alpha value is -5.29. The van der Waals surface area contributed by atoms with E-state index in [9.17, 15) is 14.7 Å². The molecule has 10 heteroatoms. The maximum absolute atomic E-state index is 13.1. The smallest absolute Gasteiger partial charge is 0.351 e. The lowest BCUT2D eigenvalue weighted by Crippen LogP contribution is -2.42. The van der Waals surface area contributed by atoms with Crippen LogP contribution in [-0.2, 0) is 15.1 Å². The van der Waals surface area contributed by atoms with Gasteiger partial charge in [0, 0.05) is 11.8 Å². The molecule has 6 rings (SSSR count). The van der Waals surface area contributed by atoms with Gasteiger partial charge in [0.2, 0.25) is 0 Å². The summed E-state index contributed by atoms with van der Waals surface area (Å²) >= 11 is 0. The SMILES string of the molecule is COc1ccc(C(O[C@@H]2CO[C@@H](n3ccc(NC(=O)c4ccccc4)nc3=O)[C@H]2O)(c2ccccc2)c2ccc(OC)cc2)cc1. The van der Waals surface area contributed by atoms with Crippen LogP contribution in [0, 0.1) is 0 Å². The van der Waals surface area contributed by atoms with E-state index in [1.807, 2.05) is 78.9 Å². The number of amides is 1.